The molecule has 1 aliphatic heterocycles. The van der Waals surface area contributed by atoms with Crippen molar-refractivity contribution in [2.45, 2.75) is 38.6 Å². The normalized spacial score (nSPS) is 17.6. The Labute approximate surface area is 154 Å². The number of carbonyl (C=O) groups excluding carboxylic acids is 2. The minimum atomic E-state index is -0.0727. The number of piperidine rings is 1. The van der Waals surface area contributed by atoms with Crippen molar-refractivity contribution in [3.8, 4) is 5.75 Å². The first-order valence-corrected chi connectivity index (χ1v) is 9.01. The number of hydrogen-bond acceptors (Lipinski definition) is 3. The van der Waals surface area contributed by atoms with Gasteiger partial charge in [-0.25, -0.2) is 0 Å². The summed E-state index contributed by atoms with van der Waals surface area (Å²) in [5.41, 5.74) is 0.758. The third kappa shape index (κ3) is 5.78. The summed E-state index contributed by atoms with van der Waals surface area (Å²) in [7, 11) is 1.58. The molecular formula is C19H25ClN2O3. The molecule has 0 bridgehead atoms. The van der Waals surface area contributed by atoms with Crippen molar-refractivity contribution < 1.29 is 14.3 Å². The van der Waals surface area contributed by atoms with E-state index in [1.54, 1.807) is 36.3 Å². The van der Waals surface area contributed by atoms with Crippen LogP contribution in [-0.2, 0) is 9.59 Å². The van der Waals surface area contributed by atoms with Gasteiger partial charge in [0.2, 0.25) is 11.8 Å². The summed E-state index contributed by atoms with van der Waals surface area (Å²) in [6, 6.07) is 5.31. The molecular weight excluding hydrogens is 340 g/mol. The van der Waals surface area contributed by atoms with Crippen molar-refractivity contribution in [3.63, 3.8) is 0 Å². The van der Waals surface area contributed by atoms with E-state index in [-0.39, 0.29) is 17.9 Å². The molecule has 0 saturated carbocycles. The number of halogens is 1. The molecule has 1 heterocycles. The van der Waals surface area contributed by atoms with Gasteiger partial charge in [0.1, 0.15) is 5.75 Å². The van der Waals surface area contributed by atoms with Crippen molar-refractivity contribution in [2.75, 3.05) is 20.2 Å². The van der Waals surface area contributed by atoms with Gasteiger partial charge in [0.05, 0.1) is 7.11 Å². The van der Waals surface area contributed by atoms with Crippen LogP contribution in [-0.4, -0.2) is 43.0 Å². The highest BCUT2D eigenvalue weighted by molar-refractivity contribution is 6.30. The number of benzene rings is 1. The first-order valence-electron chi connectivity index (χ1n) is 8.63. The molecule has 6 heteroatoms. The molecule has 1 fully saturated rings. The van der Waals surface area contributed by atoms with Gasteiger partial charge in [-0.05, 0) is 43.5 Å². The Morgan fingerprint density at radius 1 is 1.44 bits per heavy atom. The first-order chi connectivity index (χ1) is 12.0. The van der Waals surface area contributed by atoms with E-state index in [0.29, 0.717) is 30.3 Å². The smallest absolute Gasteiger partial charge is 0.246 e. The lowest BCUT2D eigenvalue weighted by atomic mass is 10.0. The molecule has 2 amide bonds. The Bertz CT molecular complexity index is 646. The van der Waals surface area contributed by atoms with Gasteiger partial charge in [-0.15, -0.1) is 0 Å². The highest BCUT2D eigenvalue weighted by atomic mass is 35.5. The fourth-order valence-corrected chi connectivity index (χ4v) is 3.10. The quantitative estimate of drug-likeness (QED) is 0.788. The SMILES string of the molecule is CCCC(=O)NC1CCCN(C(=O)/C=C/c2cc(Cl)ccc2OC)C1. The zero-order chi connectivity index (χ0) is 18.2. The second-order valence-corrected chi connectivity index (χ2v) is 6.60. The number of likely N-dealkylation sites (tertiary alicyclic amines) is 1. The van der Waals surface area contributed by atoms with Gasteiger partial charge >= 0.3 is 0 Å². The van der Waals surface area contributed by atoms with Crippen molar-refractivity contribution >= 4 is 29.5 Å². The van der Waals surface area contributed by atoms with Crippen LogP contribution in [0.4, 0.5) is 0 Å². The number of nitrogens with one attached hydrogen (secondary N) is 1. The van der Waals surface area contributed by atoms with E-state index in [4.69, 9.17) is 16.3 Å². The van der Waals surface area contributed by atoms with Gasteiger partial charge in [0.25, 0.3) is 0 Å². The average Bonchev–Trinajstić information content (AvgIpc) is 2.60. The molecule has 5 nitrogen and oxygen atoms in total. The predicted octanol–water partition coefficient (Wildman–Crippen LogP) is 3.27. The number of carbonyl (C=O) groups is 2. The molecule has 1 atom stereocenters. The molecule has 0 aliphatic carbocycles. The Morgan fingerprint density at radius 3 is 2.96 bits per heavy atom. The van der Waals surface area contributed by atoms with Crippen LogP contribution in [0.25, 0.3) is 6.08 Å². The Kier molecular flexibility index (Phi) is 7.31. The third-order valence-electron chi connectivity index (χ3n) is 4.17. The second kappa shape index (κ2) is 9.47. The lowest BCUT2D eigenvalue weighted by molar-refractivity contribution is -0.129. The van der Waals surface area contributed by atoms with Crippen LogP contribution in [0, 0.1) is 0 Å². The molecule has 0 spiro atoms. The fourth-order valence-electron chi connectivity index (χ4n) is 2.92. The zero-order valence-corrected chi connectivity index (χ0v) is 15.5. The number of hydrogen-bond donors (Lipinski definition) is 1. The zero-order valence-electron chi connectivity index (χ0n) is 14.8. The Hall–Kier alpha value is -2.01. The molecule has 1 unspecified atom stereocenters. The minimum Gasteiger partial charge on any atom is -0.496 e. The second-order valence-electron chi connectivity index (χ2n) is 6.16. The number of rotatable bonds is 6. The van der Waals surface area contributed by atoms with E-state index in [0.717, 1.165) is 24.8 Å². The molecule has 2 rings (SSSR count). The molecule has 1 N–H and O–H groups in total. The Morgan fingerprint density at radius 2 is 2.24 bits per heavy atom. The summed E-state index contributed by atoms with van der Waals surface area (Å²) in [5.74, 6) is 0.647. The summed E-state index contributed by atoms with van der Waals surface area (Å²) in [6.45, 7) is 3.23. The van der Waals surface area contributed by atoms with E-state index in [2.05, 4.69) is 5.32 Å². The lowest BCUT2D eigenvalue weighted by Crippen LogP contribution is -2.49. The first kappa shape index (κ1) is 19.3. The van der Waals surface area contributed by atoms with Crippen molar-refractivity contribution in [3.05, 3.63) is 34.9 Å². The van der Waals surface area contributed by atoms with Crippen molar-refractivity contribution in [1.29, 1.82) is 0 Å². The number of methoxy groups -OCH3 is 1. The number of nitrogens with zero attached hydrogens (tertiary/aromatic N) is 1. The highest BCUT2D eigenvalue weighted by Crippen LogP contribution is 2.24. The van der Waals surface area contributed by atoms with E-state index >= 15 is 0 Å². The van der Waals surface area contributed by atoms with Gasteiger partial charge in [-0.3, -0.25) is 9.59 Å². The summed E-state index contributed by atoms with van der Waals surface area (Å²) in [4.78, 5) is 26.0. The van der Waals surface area contributed by atoms with Gasteiger partial charge in [-0.2, -0.15) is 0 Å². The molecule has 1 saturated heterocycles. The maximum absolute atomic E-state index is 12.5. The minimum absolute atomic E-state index is 0.0332. The van der Waals surface area contributed by atoms with E-state index in [9.17, 15) is 9.59 Å². The van der Waals surface area contributed by atoms with Crippen LogP contribution in [0.5, 0.6) is 5.75 Å². The van der Waals surface area contributed by atoms with Crippen LogP contribution in [0.1, 0.15) is 38.2 Å². The number of amides is 2. The van der Waals surface area contributed by atoms with Gasteiger partial charge in [0, 0.05) is 42.2 Å². The average molecular weight is 365 g/mol. The molecule has 0 aromatic heterocycles. The summed E-state index contributed by atoms with van der Waals surface area (Å²) in [5, 5.41) is 3.60. The van der Waals surface area contributed by atoms with Crippen molar-refractivity contribution in [1.82, 2.24) is 10.2 Å². The van der Waals surface area contributed by atoms with Gasteiger partial charge in [-0.1, -0.05) is 18.5 Å². The lowest BCUT2D eigenvalue weighted by Gasteiger charge is -2.32. The highest BCUT2D eigenvalue weighted by Gasteiger charge is 2.23. The molecule has 1 aromatic carbocycles. The predicted molar refractivity (Wildman–Crippen MR) is 99.7 cm³/mol. The maximum Gasteiger partial charge on any atom is 0.246 e. The molecule has 136 valence electrons. The fraction of sp³-hybridized carbons (Fsp3) is 0.474. The maximum atomic E-state index is 12.5. The van der Waals surface area contributed by atoms with E-state index < -0.39 is 0 Å². The van der Waals surface area contributed by atoms with Gasteiger partial charge < -0.3 is 15.0 Å². The van der Waals surface area contributed by atoms with E-state index in [1.807, 2.05) is 6.92 Å². The topological polar surface area (TPSA) is 58.6 Å². The summed E-state index contributed by atoms with van der Waals surface area (Å²) < 4.78 is 5.28. The standard InChI is InChI=1S/C19H25ClN2O3/c1-3-5-18(23)21-16-6-4-11-22(13-16)19(24)10-7-14-12-15(20)8-9-17(14)25-2/h7-10,12,16H,3-6,11,13H2,1-2H3,(H,21,23)/b10-7+. The van der Waals surface area contributed by atoms with Crippen LogP contribution in [0.2, 0.25) is 5.02 Å². The van der Waals surface area contributed by atoms with E-state index in [1.165, 1.54) is 6.08 Å². The number of ether oxygens (including phenoxy) is 1. The summed E-state index contributed by atoms with van der Waals surface area (Å²) in [6.07, 6.45) is 6.39. The van der Waals surface area contributed by atoms with Gasteiger partial charge in [0.15, 0.2) is 0 Å². The van der Waals surface area contributed by atoms with Crippen molar-refractivity contribution in [2.24, 2.45) is 0 Å². The largest absolute Gasteiger partial charge is 0.496 e. The van der Waals surface area contributed by atoms with Crippen LogP contribution in [0.3, 0.4) is 0 Å². The summed E-state index contributed by atoms with van der Waals surface area (Å²) >= 11 is 6.01. The van der Waals surface area contributed by atoms with Crippen LogP contribution in [0.15, 0.2) is 24.3 Å². The Balaban J connectivity index is 1.98. The third-order valence-corrected chi connectivity index (χ3v) is 4.41. The molecule has 1 aromatic rings. The van der Waals surface area contributed by atoms with Crippen LogP contribution >= 0.6 is 11.6 Å². The molecule has 25 heavy (non-hydrogen) atoms. The van der Waals surface area contributed by atoms with Crippen LogP contribution < -0.4 is 10.1 Å². The molecule has 1 aliphatic rings. The monoisotopic (exact) mass is 364 g/mol. The molecule has 0 radical (unpaired) electrons.